The van der Waals surface area contributed by atoms with E-state index in [0.29, 0.717) is 17.5 Å². The maximum atomic E-state index is 13.0. The van der Waals surface area contributed by atoms with E-state index in [0.717, 1.165) is 6.07 Å². The number of alkyl halides is 6. The van der Waals surface area contributed by atoms with Crippen molar-refractivity contribution < 1.29 is 36.2 Å². The zero-order valence-corrected chi connectivity index (χ0v) is 12.7. The van der Waals surface area contributed by atoms with E-state index in [-0.39, 0.29) is 19.3 Å². The first-order chi connectivity index (χ1) is 11.6. The molecule has 1 aromatic carbocycles. The fourth-order valence-corrected chi connectivity index (χ4v) is 2.11. The molecule has 0 bridgehead atoms. The standard InChI is InChI=1S/C16H13F6NO2/c17-15(18,19)11-5-4-10(14(6-11)16(20,21)22)8-25-9-13-3-1-2-12(7-24)23-13/h1-6,24H,7-9H2. The normalized spacial score (nSPS) is 12.4. The number of aromatic nitrogens is 1. The van der Waals surface area contributed by atoms with Crippen molar-refractivity contribution in [2.75, 3.05) is 0 Å². The molecule has 0 aliphatic rings. The van der Waals surface area contributed by atoms with Crippen molar-refractivity contribution in [2.45, 2.75) is 32.2 Å². The lowest BCUT2D eigenvalue weighted by Crippen LogP contribution is -2.14. The molecule has 0 amide bonds. The van der Waals surface area contributed by atoms with Crippen LogP contribution in [0, 0.1) is 0 Å². The number of rotatable bonds is 5. The topological polar surface area (TPSA) is 42.4 Å². The number of aliphatic hydroxyl groups excluding tert-OH is 1. The molecule has 0 unspecified atom stereocenters. The van der Waals surface area contributed by atoms with Crippen LogP contribution in [0.15, 0.2) is 36.4 Å². The average Bonchev–Trinajstić information content (AvgIpc) is 2.53. The molecule has 0 radical (unpaired) electrons. The molecule has 0 spiro atoms. The summed E-state index contributed by atoms with van der Waals surface area (Å²) >= 11 is 0. The van der Waals surface area contributed by atoms with Gasteiger partial charge in [-0.15, -0.1) is 0 Å². The van der Waals surface area contributed by atoms with Gasteiger partial charge in [0, 0.05) is 0 Å². The van der Waals surface area contributed by atoms with Gasteiger partial charge in [-0.1, -0.05) is 12.1 Å². The Bertz CT molecular complexity index is 727. The van der Waals surface area contributed by atoms with E-state index in [1.807, 2.05) is 0 Å². The van der Waals surface area contributed by atoms with Gasteiger partial charge in [0.1, 0.15) is 0 Å². The molecule has 136 valence electrons. The summed E-state index contributed by atoms with van der Waals surface area (Å²) in [6.45, 7) is -0.977. The van der Waals surface area contributed by atoms with Crippen molar-refractivity contribution in [3.8, 4) is 0 Å². The van der Waals surface area contributed by atoms with Crippen molar-refractivity contribution in [1.82, 2.24) is 4.98 Å². The van der Waals surface area contributed by atoms with Crippen LogP contribution in [-0.2, 0) is 36.9 Å². The molecule has 0 fully saturated rings. The molecule has 1 heterocycles. The smallest absolute Gasteiger partial charge is 0.390 e. The van der Waals surface area contributed by atoms with E-state index in [4.69, 9.17) is 9.84 Å². The Hall–Kier alpha value is -2.13. The first-order valence-electron chi connectivity index (χ1n) is 7.02. The van der Waals surface area contributed by atoms with Crippen LogP contribution < -0.4 is 0 Å². The van der Waals surface area contributed by atoms with E-state index < -0.39 is 35.6 Å². The van der Waals surface area contributed by atoms with Crippen LogP contribution in [0.5, 0.6) is 0 Å². The number of hydrogen-bond acceptors (Lipinski definition) is 3. The monoisotopic (exact) mass is 365 g/mol. The van der Waals surface area contributed by atoms with Gasteiger partial charge in [0.25, 0.3) is 0 Å². The Balaban J connectivity index is 2.15. The molecule has 1 aromatic heterocycles. The Labute approximate surface area is 138 Å². The number of halogens is 6. The van der Waals surface area contributed by atoms with Gasteiger partial charge in [-0.25, -0.2) is 0 Å². The van der Waals surface area contributed by atoms with Gasteiger partial charge in [0.05, 0.1) is 42.3 Å². The number of aliphatic hydroxyl groups is 1. The highest BCUT2D eigenvalue weighted by Crippen LogP contribution is 2.37. The molecular weight excluding hydrogens is 352 g/mol. The van der Waals surface area contributed by atoms with Crippen molar-refractivity contribution in [3.05, 3.63) is 64.5 Å². The number of ether oxygens (including phenoxy) is 1. The molecule has 0 saturated heterocycles. The highest BCUT2D eigenvalue weighted by atomic mass is 19.4. The minimum Gasteiger partial charge on any atom is -0.390 e. The Morgan fingerprint density at radius 3 is 2.16 bits per heavy atom. The minimum absolute atomic E-state index is 0.0727. The lowest BCUT2D eigenvalue weighted by atomic mass is 10.0. The predicted octanol–water partition coefficient (Wildman–Crippen LogP) is 4.33. The van der Waals surface area contributed by atoms with Crippen LogP contribution in [0.4, 0.5) is 26.3 Å². The SMILES string of the molecule is OCc1cccc(COCc2ccc(C(F)(F)F)cc2C(F)(F)F)n1. The Morgan fingerprint density at radius 2 is 1.56 bits per heavy atom. The van der Waals surface area contributed by atoms with E-state index in [1.165, 1.54) is 0 Å². The van der Waals surface area contributed by atoms with E-state index in [1.54, 1.807) is 18.2 Å². The van der Waals surface area contributed by atoms with Gasteiger partial charge in [0.15, 0.2) is 0 Å². The predicted molar refractivity (Wildman–Crippen MR) is 75.1 cm³/mol. The van der Waals surface area contributed by atoms with Crippen LogP contribution in [-0.4, -0.2) is 10.1 Å². The zero-order chi connectivity index (χ0) is 18.7. The summed E-state index contributed by atoms with van der Waals surface area (Å²) in [4.78, 5) is 3.99. The van der Waals surface area contributed by atoms with Crippen LogP contribution in [0.1, 0.15) is 28.1 Å². The van der Waals surface area contributed by atoms with Crippen molar-refractivity contribution in [3.63, 3.8) is 0 Å². The zero-order valence-electron chi connectivity index (χ0n) is 12.7. The van der Waals surface area contributed by atoms with Crippen LogP contribution in [0.2, 0.25) is 0 Å². The molecule has 1 N–H and O–H groups in total. The third kappa shape index (κ3) is 5.17. The number of nitrogens with zero attached hydrogens (tertiary/aromatic N) is 1. The third-order valence-electron chi connectivity index (χ3n) is 3.28. The van der Waals surface area contributed by atoms with Gasteiger partial charge < -0.3 is 9.84 Å². The number of hydrogen-bond donors (Lipinski definition) is 1. The van der Waals surface area contributed by atoms with E-state index >= 15 is 0 Å². The molecule has 0 aliphatic heterocycles. The molecule has 25 heavy (non-hydrogen) atoms. The largest absolute Gasteiger partial charge is 0.416 e. The molecule has 9 heteroatoms. The fraction of sp³-hybridized carbons (Fsp3) is 0.312. The summed E-state index contributed by atoms with van der Waals surface area (Å²) in [5, 5.41) is 8.96. The molecule has 0 atom stereocenters. The first kappa shape index (κ1) is 19.2. The first-order valence-corrected chi connectivity index (χ1v) is 7.02. The summed E-state index contributed by atoms with van der Waals surface area (Å²) in [5.41, 5.74) is -2.42. The molecule has 0 saturated carbocycles. The second-order valence-corrected chi connectivity index (χ2v) is 5.14. The Morgan fingerprint density at radius 1 is 0.880 bits per heavy atom. The lowest BCUT2D eigenvalue weighted by Gasteiger charge is -2.16. The average molecular weight is 365 g/mol. The third-order valence-corrected chi connectivity index (χ3v) is 3.28. The summed E-state index contributed by atoms with van der Waals surface area (Å²) in [5.74, 6) is 0. The maximum Gasteiger partial charge on any atom is 0.416 e. The quantitative estimate of drug-likeness (QED) is 0.802. The van der Waals surface area contributed by atoms with Gasteiger partial charge in [-0.2, -0.15) is 26.3 Å². The van der Waals surface area contributed by atoms with Gasteiger partial charge in [-0.3, -0.25) is 4.98 Å². The van der Waals surface area contributed by atoms with Crippen molar-refractivity contribution in [2.24, 2.45) is 0 Å². The molecule has 3 nitrogen and oxygen atoms in total. The second kappa shape index (κ2) is 7.40. The Kier molecular flexibility index (Phi) is 5.69. The lowest BCUT2D eigenvalue weighted by molar-refractivity contribution is -0.143. The summed E-state index contributed by atoms with van der Waals surface area (Å²) in [6.07, 6.45) is -9.80. The second-order valence-electron chi connectivity index (χ2n) is 5.14. The van der Waals surface area contributed by atoms with Crippen molar-refractivity contribution >= 4 is 0 Å². The van der Waals surface area contributed by atoms with Crippen molar-refractivity contribution in [1.29, 1.82) is 0 Å². The summed E-state index contributed by atoms with van der Waals surface area (Å²) < 4.78 is 82.0. The van der Waals surface area contributed by atoms with E-state index in [2.05, 4.69) is 4.98 Å². The number of benzene rings is 1. The molecule has 2 rings (SSSR count). The maximum absolute atomic E-state index is 13.0. The minimum atomic E-state index is -4.94. The fourth-order valence-electron chi connectivity index (χ4n) is 2.11. The van der Waals surface area contributed by atoms with Gasteiger partial charge in [-0.05, 0) is 29.8 Å². The summed E-state index contributed by atoms with van der Waals surface area (Å²) in [6, 6.07) is 6.11. The summed E-state index contributed by atoms with van der Waals surface area (Å²) in [7, 11) is 0. The highest BCUT2D eigenvalue weighted by Gasteiger charge is 2.38. The molecular formula is C16H13F6NO2. The van der Waals surface area contributed by atoms with E-state index in [9.17, 15) is 26.3 Å². The number of pyridine rings is 1. The molecule has 0 aliphatic carbocycles. The van der Waals surface area contributed by atoms with Crippen LogP contribution in [0.3, 0.4) is 0 Å². The van der Waals surface area contributed by atoms with Crippen LogP contribution in [0.25, 0.3) is 0 Å². The van der Waals surface area contributed by atoms with Gasteiger partial charge in [0.2, 0.25) is 0 Å². The highest BCUT2D eigenvalue weighted by molar-refractivity contribution is 5.35. The van der Waals surface area contributed by atoms with Gasteiger partial charge >= 0.3 is 12.4 Å². The molecule has 2 aromatic rings. The van der Waals surface area contributed by atoms with Crippen LogP contribution >= 0.6 is 0 Å².